The summed E-state index contributed by atoms with van der Waals surface area (Å²) in [4.78, 5) is 29.4. The minimum Gasteiger partial charge on any atom is -0.299 e. The summed E-state index contributed by atoms with van der Waals surface area (Å²) in [6.45, 7) is 3.64. The highest BCUT2D eigenvalue weighted by Gasteiger charge is 2.17. The fourth-order valence-electron chi connectivity index (χ4n) is 2.76. The molecule has 0 saturated carbocycles. The first-order valence-corrected chi connectivity index (χ1v) is 11.4. The second-order valence-corrected chi connectivity index (χ2v) is 9.55. The number of fused-ring (bicyclic) bond motifs is 1. The standard InChI is InChI=1S/C20H21N3O4S2/c1-13(24)14(2)28-20-22-18-6-4-3-5-17(18)19(25)23(20)12-11-15-7-9-16(10-8-15)29(21,26)27/h3-10,14H,11-12H2,1-2H3,(H2,21,26,27). The molecule has 0 saturated heterocycles. The molecule has 9 heteroatoms. The number of benzene rings is 2. The van der Waals surface area contributed by atoms with Crippen molar-refractivity contribution in [1.29, 1.82) is 0 Å². The van der Waals surface area contributed by atoms with E-state index in [-0.39, 0.29) is 21.5 Å². The number of aromatic nitrogens is 2. The van der Waals surface area contributed by atoms with Crippen molar-refractivity contribution in [3.63, 3.8) is 0 Å². The molecule has 0 fully saturated rings. The van der Waals surface area contributed by atoms with Crippen LogP contribution in [0.5, 0.6) is 0 Å². The van der Waals surface area contributed by atoms with Crippen LogP contribution in [0, 0.1) is 0 Å². The highest BCUT2D eigenvalue weighted by Crippen LogP contribution is 2.23. The summed E-state index contributed by atoms with van der Waals surface area (Å²) < 4.78 is 24.3. The van der Waals surface area contributed by atoms with Gasteiger partial charge in [0.25, 0.3) is 5.56 Å². The first-order valence-electron chi connectivity index (χ1n) is 8.95. The van der Waals surface area contributed by atoms with Gasteiger partial charge in [-0.1, -0.05) is 36.0 Å². The number of aryl methyl sites for hydroxylation is 1. The fourth-order valence-corrected chi connectivity index (χ4v) is 4.21. The normalized spacial score (nSPS) is 12.8. The van der Waals surface area contributed by atoms with Gasteiger partial charge in [0.2, 0.25) is 10.0 Å². The van der Waals surface area contributed by atoms with Gasteiger partial charge >= 0.3 is 0 Å². The van der Waals surface area contributed by atoms with E-state index in [4.69, 9.17) is 5.14 Å². The van der Waals surface area contributed by atoms with Crippen molar-refractivity contribution in [2.75, 3.05) is 0 Å². The Hall–Kier alpha value is -2.49. The van der Waals surface area contributed by atoms with E-state index in [1.165, 1.54) is 30.8 Å². The molecule has 0 aliphatic heterocycles. The summed E-state index contributed by atoms with van der Waals surface area (Å²) in [6.07, 6.45) is 0.493. The van der Waals surface area contributed by atoms with Crippen LogP contribution in [0.1, 0.15) is 19.4 Å². The molecule has 3 rings (SSSR count). The van der Waals surface area contributed by atoms with E-state index in [1.807, 2.05) is 6.07 Å². The molecule has 2 N–H and O–H groups in total. The molecule has 0 aliphatic carbocycles. The lowest BCUT2D eigenvalue weighted by atomic mass is 10.1. The topological polar surface area (TPSA) is 112 Å². The van der Waals surface area contributed by atoms with Crippen LogP contribution in [-0.2, 0) is 27.8 Å². The predicted molar refractivity (Wildman–Crippen MR) is 114 cm³/mol. The third-order valence-electron chi connectivity index (χ3n) is 4.56. The van der Waals surface area contributed by atoms with Crippen LogP contribution in [0.25, 0.3) is 10.9 Å². The van der Waals surface area contributed by atoms with Crippen LogP contribution in [0.3, 0.4) is 0 Å². The van der Waals surface area contributed by atoms with Gasteiger partial charge in [-0.2, -0.15) is 0 Å². The molecule has 29 heavy (non-hydrogen) atoms. The molecule has 0 amide bonds. The first kappa shape index (κ1) is 21.2. The van der Waals surface area contributed by atoms with Crippen LogP contribution in [0.15, 0.2) is 63.4 Å². The zero-order valence-corrected chi connectivity index (χ0v) is 17.7. The van der Waals surface area contributed by atoms with Gasteiger partial charge in [-0.05, 0) is 50.1 Å². The van der Waals surface area contributed by atoms with Crippen molar-refractivity contribution in [1.82, 2.24) is 9.55 Å². The number of hydrogen-bond donors (Lipinski definition) is 1. The Balaban J connectivity index is 1.95. The number of nitrogens with two attached hydrogens (primary N) is 1. The van der Waals surface area contributed by atoms with E-state index in [2.05, 4.69) is 4.98 Å². The van der Waals surface area contributed by atoms with Crippen LogP contribution < -0.4 is 10.7 Å². The number of rotatable bonds is 7. The summed E-state index contributed by atoms with van der Waals surface area (Å²) >= 11 is 1.25. The second kappa shape index (κ2) is 8.48. The largest absolute Gasteiger partial charge is 0.299 e. The Labute approximate surface area is 173 Å². The molecule has 7 nitrogen and oxygen atoms in total. The van der Waals surface area contributed by atoms with Crippen molar-refractivity contribution in [3.05, 3.63) is 64.4 Å². The molecule has 1 heterocycles. The number of ketones is 1. The number of sulfonamides is 1. The molecular formula is C20H21N3O4S2. The number of primary sulfonamides is 1. The van der Waals surface area contributed by atoms with Crippen molar-refractivity contribution in [3.8, 4) is 0 Å². The molecule has 1 unspecified atom stereocenters. The van der Waals surface area contributed by atoms with Gasteiger partial charge in [0.1, 0.15) is 5.78 Å². The molecular weight excluding hydrogens is 410 g/mol. The SMILES string of the molecule is CC(=O)C(C)Sc1nc2ccccc2c(=O)n1CCc1ccc(S(N)(=O)=O)cc1. The predicted octanol–water partition coefficient (Wildman–Crippen LogP) is 2.36. The van der Waals surface area contributed by atoms with Crippen molar-refractivity contribution in [2.24, 2.45) is 5.14 Å². The molecule has 152 valence electrons. The number of para-hydroxylation sites is 1. The van der Waals surface area contributed by atoms with Crippen LogP contribution >= 0.6 is 11.8 Å². The lowest BCUT2D eigenvalue weighted by Gasteiger charge is -2.15. The summed E-state index contributed by atoms with van der Waals surface area (Å²) in [5, 5.41) is 5.79. The molecule has 1 atom stereocenters. The maximum Gasteiger partial charge on any atom is 0.262 e. The smallest absolute Gasteiger partial charge is 0.262 e. The highest BCUT2D eigenvalue weighted by molar-refractivity contribution is 8.00. The van der Waals surface area contributed by atoms with E-state index >= 15 is 0 Å². The second-order valence-electron chi connectivity index (χ2n) is 6.68. The minimum atomic E-state index is -3.75. The number of carbonyl (C=O) groups is 1. The quantitative estimate of drug-likeness (QED) is 0.454. The fraction of sp³-hybridized carbons (Fsp3) is 0.250. The molecule has 0 radical (unpaired) electrons. The number of Topliss-reactive ketones (excluding diaryl/α,β-unsaturated/α-hetero) is 1. The molecule has 3 aromatic rings. The minimum absolute atomic E-state index is 0.00235. The zero-order chi connectivity index (χ0) is 21.2. The van der Waals surface area contributed by atoms with Gasteiger partial charge in [-0.15, -0.1) is 0 Å². The third kappa shape index (κ3) is 4.92. The van der Waals surface area contributed by atoms with Crippen LogP contribution in [-0.4, -0.2) is 29.0 Å². The maximum atomic E-state index is 13.0. The molecule has 0 aliphatic rings. The van der Waals surface area contributed by atoms with Gasteiger partial charge in [-0.3, -0.25) is 14.2 Å². The van der Waals surface area contributed by atoms with Crippen LogP contribution in [0.4, 0.5) is 0 Å². The van der Waals surface area contributed by atoms with E-state index in [0.717, 1.165) is 5.56 Å². The zero-order valence-electron chi connectivity index (χ0n) is 16.0. The third-order valence-corrected chi connectivity index (χ3v) is 6.69. The van der Waals surface area contributed by atoms with E-state index in [9.17, 15) is 18.0 Å². The Morgan fingerprint density at radius 1 is 1.17 bits per heavy atom. The Morgan fingerprint density at radius 2 is 1.83 bits per heavy atom. The molecule has 1 aromatic heterocycles. The summed E-state index contributed by atoms with van der Waals surface area (Å²) in [6, 6.07) is 13.3. The molecule has 0 bridgehead atoms. The van der Waals surface area contributed by atoms with Gasteiger partial charge in [0, 0.05) is 6.54 Å². The summed E-state index contributed by atoms with van der Waals surface area (Å²) in [7, 11) is -3.75. The Morgan fingerprint density at radius 3 is 2.45 bits per heavy atom. The maximum absolute atomic E-state index is 13.0. The molecule has 0 spiro atoms. The van der Waals surface area contributed by atoms with Gasteiger partial charge in [0.15, 0.2) is 5.16 Å². The van der Waals surface area contributed by atoms with E-state index in [1.54, 1.807) is 41.8 Å². The number of hydrogen-bond acceptors (Lipinski definition) is 6. The number of nitrogens with zero attached hydrogens (tertiary/aromatic N) is 2. The lowest BCUT2D eigenvalue weighted by molar-refractivity contribution is -0.116. The highest BCUT2D eigenvalue weighted by atomic mass is 32.2. The average Bonchev–Trinajstić information content (AvgIpc) is 2.67. The number of carbonyl (C=O) groups excluding carboxylic acids is 1. The van der Waals surface area contributed by atoms with Crippen molar-refractivity contribution in [2.45, 2.75) is 42.1 Å². The average molecular weight is 432 g/mol. The lowest BCUT2D eigenvalue weighted by Crippen LogP contribution is -2.25. The summed E-state index contributed by atoms with van der Waals surface area (Å²) in [5.41, 5.74) is 1.27. The number of thioether (sulfide) groups is 1. The van der Waals surface area contributed by atoms with E-state index in [0.29, 0.717) is 29.0 Å². The van der Waals surface area contributed by atoms with Crippen molar-refractivity contribution < 1.29 is 13.2 Å². The van der Waals surface area contributed by atoms with Gasteiger partial charge < -0.3 is 0 Å². The van der Waals surface area contributed by atoms with Gasteiger partial charge in [-0.25, -0.2) is 18.5 Å². The van der Waals surface area contributed by atoms with Crippen LogP contribution in [0.2, 0.25) is 0 Å². The van der Waals surface area contributed by atoms with E-state index < -0.39 is 10.0 Å². The monoisotopic (exact) mass is 431 g/mol. The molecule has 2 aromatic carbocycles. The van der Waals surface area contributed by atoms with Gasteiger partial charge in [0.05, 0.1) is 21.0 Å². The van der Waals surface area contributed by atoms with Crippen molar-refractivity contribution >= 4 is 38.5 Å². The first-order chi connectivity index (χ1) is 13.7. The summed E-state index contributed by atoms with van der Waals surface area (Å²) in [5.74, 6) is 0.00235. The Bertz CT molecular complexity index is 1220. The Kier molecular flexibility index (Phi) is 6.21.